The van der Waals surface area contributed by atoms with Crippen LogP contribution in [0.1, 0.15) is 38.3 Å². The van der Waals surface area contributed by atoms with E-state index in [4.69, 9.17) is 0 Å². The lowest BCUT2D eigenvalue weighted by atomic mass is 9.95. The van der Waals surface area contributed by atoms with Crippen molar-refractivity contribution in [2.75, 3.05) is 26.2 Å². The summed E-state index contributed by atoms with van der Waals surface area (Å²) in [5.41, 5.74) is 0.713. The standard InChI is InChI=1S/C16H25FN2O.2ClH/c1-12(2)3-6-16(19-9-7-18-8-10-19)14-5-4-13(20)11-15(14)17;;/h4-5,11-12,16,18,20H,3,6-10H2,1-2H3;2*1H/t16-;;/m0../s1. The van der Waals surface area contributed by atoms with E-state index in [1.54, 1.807) is 12.1 Å². The molecule has 128 valence electrons. The number of hydrogen-bond donors (Lipinski definition) is 2. The fraction of sp³-hybridized carbons (Fsp3) is 0.625. The Hall–Kier alpha value is -0.550. The molecule has 1 aliphatic heterocycles. The summed E-state index contributed by atoms with van der Waals surface area (Å²) in [4.78, 5) is 2.36. The molecule has 3 nitrogen and oxygen atoms in total. The lowest BCUT2D eigenvalue weighted by Crippen LogP contribution is -2.45. The van der Waals surface area contributed by atoms with Crippen molar-refractivity contribution in [3.05, 3.63) is 29.6 Å². The Bertz CT molecular complexity index is 440. The highest BCUT2D eigenvalue weighted by molar-refractivity contribution is 5.85. The summed E-state index contributed by atoms with van der Waals surface area (Å²) in [5, 5.41) is 12.7. The van der Waals surface area contributed by atoms with E-state index in [-0.39, 0.29) is 42.4 Å². The zero-order valence-corrected chi connectivity index (χ0v) is 14.9. The normalized spacial score (nSPS) is 16.7. The average Bonchev–Trinajstić information content (AvgIpc) is 2.42. The number of halogens is 3. The summed E-state index contributed by atoms with van der Waals surface area (Å²) < 4.78 is 14.2. The summed E-state index contributed by atoms with van der Waals surface area (Å²) in [6, 6.07) is 4.65. The average molecular weight is 353 g/mol. The van der Waals surface area contributed by atoms with Gasteiger partial charge in [-0.15, -0.1) is 24.8 Å². The Morgan fingerprint density at radius 2 is 1.82 bits per heavy atom. The van der Waals surface area contributed by atoms with E-state index in [9.17, 15) is 9.50 Å². The molecule has 1 aromatic rings. The van der Waals surface area contributed by atoms with Crippen molar-refractivity contribution in [2.24, 2.45) is 5.92 Å². The highest BCUT2D eigenvalue weighted by atomic mass is 35.5. The van der Waals surface area contributed by atoms with Crippen LogP contribution in [0, 0.1) is 11.7 Å². The molecule has 1 fully saturated rings. The van der Waals surface area contributed by atoms with Crippen LogP contribution in [0.4, 0.5) is 4.39 Å². The maximum atomic E-state index is 14.2. The minimum atomic E-state index is -0.294. The number of phenols is 1. The van der Waals surface area contributed by atoms with Crippen LogP contribution in [0.2, 0.25) is 0 Å². The second kappa shape index (κ2) is 10.3. The molecule has 0 aromatic heterocycles. The summed E-state index contributed by atoms with van der Waals surface area (Å²) in [6.07, 6.45) is 2.04. The van der Waals surface area contributed by atoms with Crippen molar-refractivity contribution in [1.29, 1.82) is 0 Å². The zero-order chi connectivity index (χ0) is 14.5. The maximum Gasteiger partial charge on any atom is 0.131 e. The van der Waals surface area contributed by atoms with Gasteiger partial charge < -0.3 is 10.4 Å². The molecule has 0 radical (unpaired) electrons. The number of hydrogen-bond acceptors (Lipinski definition) is 3. The number of nitrogens with one attached hydrogen (secondary N) is 1. The van der Waals surface area contributed by atoms with Gasteiger partial charge in [-0.25, -0.2) is 4.39 Å². The van der Waals surface area contributed by atoms with Gasteiger partial charge in [-0.3, -0.25) is 4.90 Å². The molecule has 0 saturated carbocycles. The fourth-order valence-corrected chi connectivity index (χ4v) is 2.81. The van der Waals surface area contributed by atoms with Gasteiger partial charge in [0.15, 0.2) is 0 Å². The third-order valence-corrected chi connectivity index (χ3v) is 3.95. The minimum absolute atomic E-state index is 0. The van der Waals surface area contributed by atoms with E-state index in [0.29, 0.717) is 11.5 Å². The predicted molar refractivity (Wildman–Crippen MR) is 93.8 cm³/mol. The van der Waals surface area contributed by atoms with Crippen LogP contribution in [0.15, 0.2) is 18.2 Å². The van der Waals surface area contributed by atoms with Crippen molar-refractivity contribution in [3.8, 4) is 5.75 Å². The Kier molecular flexibility index (Phi) is 10.0. The molecule has 0 bridgehead atoms. The van der Waals surface area contributed by atoms with Crippen molar-refractivity contribution in [2.45, 2.75) is 32.7 Å². The number of phenolic OH excluding ortho intramolecular Hbond substituents is 1. The van der Waals surface area contributed by atoms with Gasteiger partial charge in [-0.2, -0.15) is 0 Å². The van der Waals surface area contributed by atoms with Crippen LogP contribution in [0.5, 0.6) is 5.75 Å². The molecule has 1 aliphatic rings. The van der Waals surface area contributed by atoms with Gasteiger partial charge in [0.1, 0.15) is 11.6 Å². The lowest BCUT2D eigenvalue weighted by Gasteiger charge is -2.35. The van der Waals surface area contributed by atoms with Crippen molar-refractivity contribution < 1.29 is 9.50 Å². The van der Waals surface area contributed by atoms with Gasteiger partial charge >= 0.3 is 0 Å². The van der Waals surface area contributed by atoms with Crippen LogP contribution in [0.25, 0.3) is 0 Å². The Labute approximate surface area is 145 Å². The summed E-state index contributed by atoms with van der Waals surface area (Å²) >= 11 is 0. The molecule has 0 aliphatic carbocycles. The van der Waals surface area contributed by atoms with Crippen LogP contribution < -0.4 is 5.32 Å². The predicted octanol–water partition coefficient (Wildman–Crippen LogP) is 3.76. The number of rotatable bonds is 5. The van der Waals surface area contributed by atoms with E-state index < -0.39 is 0 Å². The Morgan fingerprint density at radius 3 is 2.36 bits per heavy atom. The third kappa shape index (κ3) is 5.92. The van der Waals surface area contributed by atoms with Gasteiger partial charge in [0.2, 0.25) is 0 Å². The van der Waals surface area contributed by atoms with Crippen LogP contribution >= 0.6 is 24.8 Å². The Balaban J connectivity index is 0.00000220. The third-order valence-electron chi connectivity index (χ3n) is 3.95. The SMILES string of the molecule is CC(C)CC[C@@H](c1ccc(O)cc1F)N1CCNCC1.Cl.Cl. The van der Waals surface area contributed by atoms with Crippen LogP contribution in [0.3, 0.4) is 0 Å². The molecule has 0 unspecified atom stereocenters. The largest absolute Gasteiger partial charge is 0.508 e. The van der Waals surface area contributed by atoms with Crippen molar-refractivity contribution in [1.82, 2.24) is 10.2 Å². The van der Waals surface area contributed by atoms with Gasteiger partial charge in [-0.05, 0) is 24.8 Å². The van der Waals surface area contributed by atoms with E-state index in [2.05, 4.69) is 24.1 Å². The van der Waals surface area contributed by atoms with E-state index in [1.807, 2.05) is 0 Å². The molecule has 6 heteroatoms. The molecule has 1 heterocycles. The quantitative estimate of drug-likeness (QED) is 0.846. The number of nitrogens with zero attached hydrogens (tertiary/aromatic N) is 1. The van der Waals surface area contributed by atoms with Crippen LogP contribution in [-0.2, 0) is 0 Å². The Morgan fingerprint density at radius 1 is 1.18 bits per heavy atom. The first-order chi connectivity index (χ1) is 9.58. The van der Waals surface area contributed by atoms with Crippen LogP contribution in [-0.4, -0.2) is 36.2 Å². The van der Waals surface area contributed by atoms with E-state index >= 15 is 0 Å². The van der Waals surface area contributed by atoms with Gasteiger partial charge in [0.05, 0.1) is 0 Å². The zero-order valence-electron chi connectivity index (χ0n) is 13.2. The van der Waals surface area contributed by atoms with Crippen molar-refractivity contribution in [3.63, 3.8) is 0 Å². The summed E-state index contributed by atoms with van der Waals surface area (Å²) in [7, 11) is 0. The first-order valence-electron chi connectivity index (χ1n) is 7.51. The fourth-order valence-electron chi connectivity index (χ4n) is 2.81. The number of benzene rings is 1. The molecule has 1 atom stereocenters. The summed E-state index contributed by atoms with van der Waals surface area (Å²) in [5.74, 6) is 0.312. The van der Waals surface area contributed by atoms with E-state index in [0.717, 1.165) is 39.0 Å². The molecule has 1 saturated heterocycles. The molecule has 2 rings (SSSR count). The van der Waals surface area contributed by atoms with E-state index in [1.165, 1.54) is 6.07 Å². The lowest BCUT2D eigenvalue weighted by molar-refractivity contribution is 0.156. The maximum absolute atomic E-state index is 14.2. The van der Waals surface area contributed by atoms with Crippen molar-refractivity contribution >= 4 is 24.8 Å². The second-order valence-corrected chi connectivity index (χ2v) is 5.98. The smallest absolute Gasteiger partial charge is 0.131 e. The molecule has 0 spiro atoms. The second-order valence-electron chi connectivity index (χ2n) is 5.98. The van der Waals surface area contributed by atoms with Gasteiger partial charge in [0, 0.05) is 43.9 Å². The summed E-state index contributed by atoms with van der Waals surface area (Å²) in [6.45, 7) is 8.20. The minimum Gasteiger partial charge on any atom is -0.508 e. The first kappa shape index (κ1) is 21.4. The number of piperazine rings is 1. The molecule has 2 N–H and O–H groups in total. The molecular weight excluding hydrogens is 326 g/mol. The molecular formula is C16H27Cl2FN2O. The molecule has 1 aromatic carbocycles. The van der Waals surface area contributed by atoms with Gasteiger partial charge in [-0.1, -0.05) is 19.9 Å². The highest BCUT2D eigenvalue weighted by Gasteiger charge is 2.24. The molecule has 0 amide bonds. The highest BCUT2D eigenvalue weighted by Crippen LogP contribution is 2.31. The van der Waals surface area contributed by atoms with Gasteiger partial charge in [0.25, 0.3) is 0 Å². The molecule has 22 heavy (non-hydrogen) atoms. The monoisotopic (exact) mass is 352 g/mol. The topological polar surface area (TPSA) is 35.5 Å². The first-order valence-corrected chi connectivity index (χ1v) is 7.51. The number of aromatic hydroxyl groups is 1.